The summed E-state index contributed by atoms with van der Waals surface area (Å²) in [6.07, 6.45) is 0.264. The molecule has 3 N–H and O–H groups in total. The van der Waals surface area contributed by atoms with Crippen LogP contribution >= 0.6 is 11.6 Å². The predicted molar refractivity (Wildman–Crippen MR) is 61.6 cm³/mol. The Hall–Kier alpha value is -1.13. The molecule has 1 atom stereocenters. The van der Waals surface area contributed by atoms with Gasteiger partial charge in [-0.2, -0.15) is 0 Å². The van der Waals surface area contributed by atoms with Gasteiger partial charge in [-0.25, -0.2) is 4.39 Å². The molecular formula is C11H14ClFN2O. The minimum atomic E-state index is -0.442. The van der Waals surface area contributed by atoms with Crippen molar-refractivity contribution < 1.29 is 9.18 Å². The molecule has 3 nitrogen and oxygen atoms in total. The van der Waals surface area contributed by atoms with Crippen LogP contribution in [0.4, 0.5) is 4.39 Å². The number of hydrogen-bond acceptors (Lipinski definition) is 2. The SMILES string of the molecule is CC(NCCC(N)=O)c1ccc(Cl)c(F)c1. The molecule has 1 aromatic rings. The van der Waals surface area contributed by atoms with Crippen LogP contribution in [0.2, 0.25) is 5.02 Å². The first-order valence-electron chi connectivity index (χ1n) is 4.97. The molecule has 16 heavy (non-hydrogen) atoms. The fourth-order valence-electron chi connectivity index (χ4n) is 1.31. The van der Waals surface area contributed by atoms with Gasteiger partial charge in [0.05, 0.1) is 5.02 Å². The second kappa shape index (κ2) is 5.82. The van der Waals surface area contributed by atoms with E-state index < -0.39 is 5.82 Å². The molecular weight excluding hydrogens is 231 g/mol. The van der Waals surface area contributed by atoms with Gasteiger partial charge in [-0.15, -0.1) is 0 Å². The van der Waals surface area contributed by atoms with Crippen molar-refractivity contribution in [3.63, 3.8) is 0 Å². The lowest BCUT2D eigenvalue weighted by Crippen LogP contribution is -2.24. The normalized spacial score (nSPS) is 12.4. The molecule has 0 spiro atoms. The summed E-state index contributed by atoms with van der Waals surface area (Å²) >= 11 is 5.57. The minimum Gasteiger partial charge on any atom is -0.370 e. The number of halogens is 2. The predicted octanol–water partition coefficient (Wildman–Crippen LogP) is 2.01. The van der Waals surface area contributed by atoms with Crippen LogP contribution in [0.5, 0.6) is 0 Å². The van der Waals surface area contributed by atoms with Crippen molar-refractivity contribution in [2.75, 3.05) is 6.54 Å². The summed E-state index contributed by atoms with van der Waals surface area (Å²) in [5, 5.41) is 3.17. The van der Waals surface area contributed by atoms with Crippen LogP contribution in [-0.4, -0.2) is 12.5 Å². The number of primary amides is 1. The average molecular weight is 245 g/mol. The van der Waals surface area contributed by atoms with Crippen LogP contribution in [0.3, 0.4) is 0 Å². The molecule has 1 unspecified atom stereocenters. The van der Waals surface area contributed by atoms with Gasteiger partial charge in [0.1, 0.15) is 5.82 Å². The van der Waals surface area contributed by atoms with Gasteiger partial charge < -0.3 is 11.1 Å². The monoisotopic (exact) mass is 244 g/mol. The number of benzene rings is 1. The molecule has 0 saturated carbocycles. The summed E-state index contributed by atoms with van der Waals surface area (Å²) in [4.78, 5) is 10.5. The summed E-state index contributed by atoms with van der Waals surface area (Å²) in [6, 6.07) is 4.59. The number of carbonyl (C=O) groups is 1. The zero-order valence-electron chi connectivity index (χ0n) is 8.97. The molecule has 1 rings (SSSR count). The number of amides is 1. The molecule has 0 aromatic heterocycles. The van der Waals surface area contributed by atoms with E-state index in [4.69, 9.17) is 17.3 Å². The van der Waals surface area contributed by atoms with Crippen molar-refractivity contribution in [1.29, 1.82) is 0 Å². The van der Waals surface area contributed by atoms with Crippen LogP contribution in [-0.2, 0) is 4.79 Å². The zero-order valence-corrected chi connectivity index (χ0v) is 9.72. The number of hydrogen-bond donors (Lipinski definition) is 2. The number of nitrogens with one attached hydrogen (secondary N) is 1. The van der Waals surface area contributed by atoms with E-state index in [-0.39, 0.29) is 23.4 Å². The van der Waals surface area contributed by atoms with E-state index in [1.807, 2.05) is 6.92 Å². The van der Waals surface area contributed by atoms with E-state index in [1.54, 1.807) is 6.07 Å². The summed E-state index contributed by atoms with van der Waals surface area (Å²) in [6.45, 7) is 2.35. The Kier molecular flexibility index (Phi) is 4.71. The highest BCUT2D eigenvalue weighted by Crippen LogP contribution is 2.19. The Morgan fingerprint density at radius 2 is 2.31 bits per heavy atom. The molecule has 1 amide bonds. The van der Waals surface area contributed by atoms with E-state index in [1.165, 1.54) is 12.1 Å². The molecule has 0 aliphatic carbocycles. The van der Waals surface area contributed by atoms with Crippen molar-refractivity contribution in [2.24, 2.45) is 5.73 Å². The molecule has 0 saturated heterocycles. The third-order valence-corrected chi connectivity index (χ3v) is 2.57. The molecule has 88 valence electrons. The topological polar surface area (TPSA) is 55.1 Å². The quantitative estimate of drug-likeness (QED) is 0.833. The van der Waals surface area contributed by atoms with Crippen molar-refractivity contribution in [1.82, 2.24) is 5.32 Å². The van der Waals surface area contributed by atoms with Gasteiger partial charge in [0.25, 0.3) is 0 Å². The highest BCUT2D eigenvalue weighted by atomic mass is 35.5. The molecule has 0 bridgehead atoms. The maximum atomic E-state index is 13.2. The highest BCUT2D eigenvalue weighted by Gasteiger charge is 2.08. The Labute approximate surface area is 98.8 Å². The summed E-state index contributed by atoms with van der Waals surface area (Å²) < 4.78 is 13.2. The molecule has 0 aliphatic rings. The minimum absolute atomic E-state index is 0.0499. The molecule has 1 aromatic carbocycles. The van der Waals surface area contributed by atoms with Gasteiger partial charge in [-0.05, 0) is 24.6 Å². The molecule has 0 aliphatic heterocycles. The number of rotatable bonds is 5. The van der Waals surface area contributed by atoms with Gasteiger partial charge in [-0.3, -0.25) is 4.79 Å². The first kappa shape index (κ1) is 12.9. The van der Waals surface area contributed by atoms with E-state index in [2.05, 4.69) is 5.32 Å². The largest absolute Gasteiger partial charge is 0.370 e. The standard InChI is InChI=1S/C11H14ClFN2O/c1-7(15-5-4-11(14)16)8-2-3-9(12)10(13)6-8/h2-3,6-7,15H,4-5H2,1H3,(H2,14,16). The van der Waals surface area contributed by atoms with E-state index >= 15 is 0 Å². The van der Waals surface area contributed by atoms with Crippen LogP contribution in [0.1, 0.15) is 24.9 Å². The van der Waals surface area contributed by atoms with Crippen LogP contribution in [0, 0.1) is 5.82 Å². The highest BCUT2D eigenvalue weighted by molar-refractivity contribution is 6.30. The van der Waals surface area contributed by atoms with Crippen molar-refractivity contribution in [3.8, 4) is 0 Å². The Morgan fingerprint density at radius 1 is 1.62 bits per heavy atom. The van der Waals surface area contributed by atoms with Crippen LogP contribution in [0.15, 0.2) is 18.2 Å². The molecule has 0 radical (unpaired) electrons. The number of nitrogens with two attached hydrogens (primary N) is 1. The zero-order chi connectivity index (χ0) is 12.1. The van der Waals surface area contributed by atoms with Gasteiger partial charge in [0.15, 0.2) is 0 Å². The van der Waals surface area contributed by atoms with Crippen molar-refractivity contribution in [2.45, 2.75) is 19.4 Å². The average Bonchev–Trinajstić information content (AvgIpc) is 2.21. The van der Waals surface area contributed by atoms with Crippen molar-refractivity contribution >= 4 is 17.5 Å². The van der Waals surface area contributed by atoms with Gasteiger partial charge in [0.2, 0.25) is 5.91 Å². The second-order valence-corrected chi connectivity index (χ2v) is 3.97. The Morgan fingerprint density at radius 3 is 2.88 bits per heavy atom. The van der Waals surface area contributed by atoms with E-state index in [0.717, 1.165) is 5.56 Å². The van der Waals surface area contributed by atoms with Crippen molar-refractivity contribution in [3.05, 3.63) is 34.6 Å². The fraction of sp³-hybridized carbons (Fsp3) is 0.364. The maximum Gasteiger partial charge on any atom is 0.218 e. The number of carbonyl (C=O) groups excluding carboxylic acids is 1. The molecule has 0 heterocycles. The third-order valence-electron chi connectivity index (χ3n) is 2.27. The molecule has 0 fully saturated rings. The van der Waals surface area contributed by atoms with E-state index in [0.29, 0.717) is 6.54 Å². The van der Waals surface area contributed by atoms with Gasteiger partial charge >= 0.3 is 0 Å². The van der Waals surface area contributed by atoms with E-state index in [9.17, 15) is 9.18 Å². The fourth-order valence-corrected chi connectivity index (χ4v) is 1.43. The van der Waals surface area contributed by atoms with Crippen LogP contribution < -0.4 is 11.1 Å². The smallest absolute Gasteiger partial charge is 0.218 e. The Bertz CT molecular complexity index is 384. The Balaban J connectivity index is 2.55. The lowest BCUT2D eigenvalue weighted by molar-refractivity contribution is -0.117. The second-order valence-electron chi connectivity index (χ2n) is 3.57. The summed E-state index contributed by atoms with van der Waals surface area (Å²) in [5.74, 6) is -0.801. The van der Waals surface area contributed by atoms with Gasteiger partial charge in [-0.1, -0.05) is 17.7 Å². The maximum absolute atomic E-state index is 13.2. The third kappa shape index (κ3) is 3.79. The van der Waals surface area contributed by atoms with Gasteiger partial charge in [0, 0.05) is 19.0 Å². The lowest BCUT2D eigenvalue weighted by atomic mass is 10.1. The molecule has 5 heteroatoms. The lowest BCUT2D eigenvalue weighted by Gasteiger charge is -2.13. The first-order valence-corrected chi connectivity index (χ1v) is 5.35. The first-order chi connectivity index (χ1) is 7.50. The summed E-state index contributed by atoms with van der Waals surface area (Å²) in [5.41, 5.74) is 5.79. The van der Waals surface area contributed by atoms with Crippen LogP contribution in [0.25, 0.3) is 0 Å². The summed E-state index contributed by atoms with van der Waals surface area (Å²) in [7, 11) is 0.